The molecule has 4 nitrogen and oxygen atoms in total. The fraction of sp³-hybridized carbons (Fsp3) is 0.312. The third-order valence-electron chi connectivity index (χ3n) is 3.51. The van der Waals surface area contributed by atoms with Crippen LogP contribution >= 0.6 is 12.6 Å². The van der Waals surface area contributed by atoms with Gasteiger partial charge in [0.05, 0.1) is 6.61 Å². The molecule has 1 saturated heterocycles. The average molecular weight is 339 g/mol. The molecule has 1 N–H and O–H groups in total. The van der Waals surface area contributed by atoms with Crippen molar-refractivity contribution in [2.24, 2.45) is 0 Å². The molecule has 1 fully saturated rings. The highest BCUT2D eigenvalue weighted by Gasteiger charge is 2.33. The topological polar surface area (TPSA) is 50.9 Å². The lowest BCUT2D eigenvalue weighted by Crippen LogP contribution is -2.35. The number of epoxide rings is 1. The van der Waals surface area contributed by atoms with E-state index in [1.165, 1.54) is 0 Å². The van der Waals surface area contributed by atoms with Crippen molar-refractivity contribution in [1.82, 2.24) is 5.32 Å². The van der Waals surface area contributed by atoms with Crippen molar-refractivity contribution in [3.8, 4) is 5.75 Å². The molecular formula is C16H15F2NO3S. The zero-order valence-corrected chi connectivity index (χ0v) is 13.0. The van der Waals surface area contributed by atoms with Gasteiger partial charge in [-0.3, -0.25) is 4.79 Å². The van der Waals surface area contributed by atoms with E-state index in [0.29, 0.717) is 19.0 Å². The van der Waals surface area contributed by atoms with Gasteiger partial charge in [-0.25, -0.2) is 0 Å². The summed E-state index contributed by atoms with van der Waals surface area (Å²) in [5.41, 5.74) is 0.724. The van der Waals surface area contributed by atoms with Gasteiger partial charge in [-0.05, 0) is 17.0 Å². The Morgan fingerprint density at radius 2 is 2.00 bits per heavy atom. The van der Waals surface area contributed by atoms with E-state index < -0.39 is 11.2 Å². The highest BCUT2D eigenvalue weighted by molar-refractivity contribution is 7.82. The number of halogens is 2. The molecule has 0 aliphatic carbocycles. The van der Waals surface area contributed by atoms with Crippen LogP contribution in [0.2, 0.25) is 0 Å². The molecule has 0 radical (unpaired) electrons. The lowest BCUT2D eigenvalue weighted by molar-refractivity contribution is -0.134. The van der Waals surface area contributed by atoms with Crippen molar-refractivity contribution in [3.05, 3.63) is 42.0 Å². The van der Waals surface area contributed by atoms with Gasteiger partial charge in [-0.2, -0.15) is 8.78 Å². The number of fused-ring (bicyclic) bond motifs is 1. The molecule has 1 amide bonds. The van der Waals surface area contributed by atoms with Crippen molar-refractivity contribution in [2.45, 2.75) is 17.9 Å². The zero-order chi connectivity index (χ0) is 16.4. The standard InChI is InChI=1S/C16H15F2NO3S/c17-16(18,23)15(20)19-7-10-5-6-14(22-9-11-8-21-11)13-4-2-1-3-12(10)13/h1-6,11,23H,7-9H2,(H,19,20). The zero-order valence-electron chi connectivity index (χ0n) is 12.1. The summed E-state index contributed by atoms with van der Waals surface area (Å²) in [6.45, 7) is 1.17. The predicted octanol–water partition coefficient (Wildman–Crippen LogP) is 2.76. The number of carbonyl (C=O) groups excluding carboxylic acids is 1. The number of ether oxygens (including phenoxy) is 2. The first kappa shape index (κ1) is 16.0. The van der Waals surface area contributed by atoms with E-state index in [1.54, 1.807) is 12.1 Å². The van der Waals surface area contributed by atoms with Gasteiger partial charge in [0.2, 0.25) is 0 Å². The summed E-state index contributed by atoms with van der Waals surface area (Å²) in [5, 5.41) is 0.190. The Hall–Kier alpha value is -1.86. The average Bonchev–Trinajstić information content (AvgIpc) is 3.34. The van der Waals surface area contributed by atoms with E-state index in [2.05, 4.69) is 17.9 Å². The molecule has 1 aliphatic rings. The van der Waals surface area contributed by atoms with Crippen LogP contribution in [0.25, 0.3) is 10.8 Å². The van der Waals surface area contributed by atoms with Crippen LogP contribution in [0.3, 0.4) is 0 Å². The van der Waals surface area contributed by atoms with E-state index in [-0.39, 0.29) is 12.6 Å². The number of thiol groups is 1. The minimum Gasteiger partial charge on any atom is -0.490 e. The fourth-order valence-corrected chi connectivity index (χ4v) is 2.32. The molecule has 7 heteroatoms. The van der Waals surface area contributed by atoms with Gasteiger partial charge < -0.3 is 14.8 Å². The molecule has 1 heterocycles. The van der Waals surface area contributed by atoms with Crippen molar-refractivity contribution >= 4 is 29.3 Å². The molecular weight excluding hydrogens is 324 g/mol. The molecule has 1 aliphatic heterocycles. The molecule has 0 aromatic heterocycles. The van der Waals surface area contributed by atoms with Crippen molar-refractivity contribution < 1.29 is 23.0 Å². The van der Waals surface area contributed by atoms with Gasteiger partial charge in [-0.15, -0.1) is 0 Å². The molecule has 3 rings (SSSR count). The summed E-state index contributed by atoms with van der Waals surface area (Å²) in [6, 6.07) is 11.0. The SMILES string of the molecule is O=C(NCc1ccc(OCC2CO2)c2ccccc12)C(F)(F)S. The largest absolute Gasteiger partial charge is 0.490 e. The number of nitrogens with one attached hydrogen (secondary N) is 1. The second-order valence-corrected chi connectivity index (χ2v) is 5.82. The second-order valence-electron chi connectivity index (χ2n) is 5.26. The Labute approximate surface area is 137 Å². The van der Waals surface area contributed by atoms with Gasteiger partial charge in [-0.1, -0.05) is 43.0 Å². The lowest BCUT2D eigenvalue weighted by Gasteiger charge is -2.14. The smallest absolute Gasteiger partial charge is 0.367 e. The number of hydrogen-bond donors (Lipinski definition) is 2. The summed E-state index contributed by atoms with van der Waals surface area (Å²) in [4.78, 5) is 11.2. The normalized spacial score (nSPS) is 17.1. The van der Waals surface area contributed by atoms with Crippen LogP contribution in [0, 0.1) is 0 Å². The van der Waals surface area contributed by atoms with Crippen LogP contribution in [0.1, 0.15) is 5.56 Å². The molecule has 1 atom stereocenters. The van der Waals surface area contributed by atoms with Crippen molar-refractivity contribution in [3.63, 3.8) is 0 Å². The molecule has 122 valence electrons. The Bertz CT molecular complexity index is 729. The quantitative estimate of drug-likeness (QED) is 0.628. The Morgan fingerprint density at radius 3 is 2.65 bits per heavy atom. The van der Waals surface area contributed by atoms with Gasteiger partial charge in [0.25, 0.3) is 0 Å². The van der Waals surface area contributed by atoms with E-state index >= 15 is 0 Å². The summed E-state index contributed by atoms with van der Waals surface area (Å²) >= 11 is 2.96. The number of alkyl halides is 2. The Morgan fingerprint density at radius 1 is 1.30 bits per heavy atom. The molecule has 2 aromatic carbocycles. The first-order valence-electron chi connectivity index (χ1n) is 7.08. The minimum atomic E-state index is -3.69. The van der Waals surface area contributed by atoms with Gasteiger partial charge in [0, 0.05) is 11.9 Å². The molecule has 2 aromatic rings. The molecule has 0 saturated carbocycles. The molecule has 0 bridgehead atoms. The summed E-state index contributed by atoms with van der Waals surface area (Å²) in [7, 11) is 0. The predicted molar refractivity (Wildman–Crippen MR) is 85.0 cm³/mol. The summed E-state index contributed by atoms with van der Waals surface area (Å²) in [5.74, 6) is -0.721. The Kier molecular flexibility index (Phi) is 4.41. The van der Waals surface area contributed by atoms with E-state index in [9.17, 15) is 13.6 Å². The molecule has 23 heavy (non-hydrogen) atoms. The fourth-order valence-electron chi connectivity index (χ4n) is 2.24. The van der Waals surface area contributed by atoms with Crippen LogP contribution in [0.15, 0.2) is 36.4 Å². The number of carbonyl (C=O) groups is 1. The number of hydrogen-bond acceptors (Lipinski definition) is 4. The lowest BCUT2D eigenvalue weighted by atomic mass is 10.0. The maximum absolute atomic E-state index is 12.8. The summed E-state index contributed by atoms with van der Waals surface area (Å²) < 4.78 is 36.4. The van der Waals surface area contributed by atoms with Crippen LogP contribution in [0.5, 0.6) is 5.75 Å². The maximum atomic E-state index is 12.8. The maximum Gasteiger partial charge on any atom is 0.367 e. The molecule has 1 unspecified atom stereocenters. The second kappa shape index (κ2) is 6.33. The van der Waals surface area contributed by atoms with Crippen LogP contribution in [-0.4, -0.2) is 30.5 Å². The van der Waals surface area contributed by atoms with Crippen molar-refractivity contribution in [1.29, 1.82) is 0 Å². The summed E-state index contributed by atoms with van der Waals surface area (Å²) in [6.07, 6.45) is 0.144. The van der Waals surface area contributed by atoms with Gasteiger partial charge in [0.1, 0.15) is 18.5 Å². The Balaban J connectivity index is 1.81. The minimum absolute atomic E-state index is 0.0124. The molecule has 0 spiro atoms. The van der Waals surface area contributed by atoms with Crippen LogP contribution in [0.4, 0.5) is 8.78 Å². The van der Waals surface area contributed by atoms with Gasteiger partial charge in [0.15, 0.2) is 0 Å². The van der Waals surface area contributed by atoms with E-state index in [4.69, 9.17) is 9.47 Å². The first-order chi connectivity index (χ1) is 10.9. The van der Waals surface area contributed by atoms with Crippen LogP contribution in [-0.2, 0) is 16.1 Å². The number of amides is 1. The highest BCUT2D eigenvalue weighted by atomic mass is 32.1. The third-order valence-corrected chi connectivity index (χ3v) is 3.72. The number of benzene rings is 2. The number of rotatable bonds is 6. The van der Waals surface area contributed by atoms with Crippen molar-refractivity contribution in [2.75, 3.05) is 13.2 Å². The highest BCUT2D eigenvalue weighted by Crippen LogP contribution is 2.29. The third kappa shape index (κ3) is 3.92. The van der Waals surface area contributed by atoms with E-state index in [0.717, 1.165) is 16.3 Å². The first-order valence-corrected chi connectivity index (χ1v) is 7.53. The van der Waals surface area contributed by atoms with Gasteiger partial charge >= 0.3 is 11.2 Å². The van der Waals surface area contributed by atoms with Crippen LogP contribution < -0.4 is 10.1 Å². The monoisotopic (exact) mass is 339 g/mol. The van der Waals surface area contributed by atoms with E-state index in [1.807, 2.05) is 24.3 Å².